The molecule has 0 aliphatic carbocycles. The first-order valence-electron chi connectivity index (χ1n) is 9.11. The maximum Gasteiger partial charge on any atom is 0.139 e. The fourth-order valence-electron chi connectivity index (χ4n) is 4.03. The van der Waals surface area contributed by atoms with Gasteiger partial charge in [-0.15, -0.1) is 0 Å². The van der Waals surface area contributed by atoms with Gasteiger partial charge in [0, 0.05) is 6.61 Å². The number of aliphatic hydroxyl groups is 1. The topological polar surface area (TPSA) is 60.4 Å². The Kier molecular flexibility index (Phi) is 5.06. The molecule has 0 spiro atoms. The number of hydrogen-bond acceptors (Lipinski definition) is 6. The summed E-state index contributed by atoms with van der Waals surface area (Å²) in [7, 11) is 3.31. The van der Waals surface area contributed by atoms with Gasteiger partial charge in [-0.3, -0.25) is 0 Å². The quantitative estimate of drug-likeness (QED) is 0.843. The Bertz CT molecular complexity index is 736. The van der Waals surface area contributed by atoms with Crippen LogP contribution in [0.4, 0.5) is 0 Å². The van der Waals surface area contributed by atoms with Gasteiger partial charge < -0.3 is 24.1 Å². The second-order valence-electron chi connectivity index (χ2n) is 6.99. The number of hydrogen-bond donors (Lipinski definition) is 1. The Labute approximate surface area is 159 Å². The van der Waals surface area contributed by atoms with E-state index in [1.54, 1.807) is 14.2 Å². The van der Waals surface area contributed by atoms with E-state index in [2.05, 4.69) is 4.90 Å². The van der Waals surface area contributed by atoms with Crippen molar-refractivity contribution in [2.24, 2.45) is 0 Å². The summed E-state index contributed by atoms with van der Waals surface area (Å²) in [6, 6.07) is 15.8. The van der Waals surface area contributed by atoms with Crippen LogP contribution in [-0.4, -0.2) is 49.6 Å². The van der Waals surface area contributed by atoms with Crippen LogP contribution in [-0.2, 0) is 9.47 Å². The Balaban J connectivity index is 1.73. The molecule has 0 aromatic heterocycles. The third kappa shape index (κ3) is 3.19. The first-order chi connectivity index (χ1) is 13.2. The molecule has 144 valence electrons. The third-order valence-corrected chi connectivity index (χ3v) is 5.41. The average molecular weight is 371 g/mol. The molecule has 6 nitrogen and oxygen atoms in total. The van der Waals surface area contributed by atoms with Crippen molar-refractivity contribution in [1.29, 1.82) is 0 Å². The van der Waals surface area contributed by atoms with Crippen molar-refractivity contribution in [3.05, 3.63) is 59.7 Å². The number of fused-ring (bicyclic) bond motifs is 1. The van der Waals surface area contributed by atoms with Gasteiger partial charge in [-0.05, 0) is 41.8 Å². The molecule has 2 aromatic rings. The van der Waals surface area contributed by atoms with Crippen molar-refractivity contribution in [2.45, 2.75) is 24.4 Å². The SMILES string of the molecule is COc1cccc([C@H]2OCC3(CCO)CO[C@@H](c4cccc(OC)c4)N23)c1. The van der Waals surface area contributed by atoms with Crippen molar-refractivity contribution < 1.29 is 24.1 Å². The molecule has 2 aromatic carbocycles. The largest absolute Gasteiger partial charge is 0.497 e. The second kappa shape index (κ2) is 7.48. The summed E-state index contributed by atoms with van der Waals surface area (Å²) in [6.45, 7) is 1.10. The minimum Gasteiger partial charge on any atom is -0.497 e. The van der Waals surface area contributed by atoms with Crippen molar-refractivity contribution in [3.63, 3.8) is 0 Å². The van der Waals surface area contributed by atoms with Gasteiger partial charge in [-0.25, -0.2) is 4.90 Å². The van der Waals surface area contributed by atoms with E-state index in [1.165, 1.54) is 0 Å². The zero-order valence-electron chi connectivity index (χ0n) is 15.6. The van der Waals surface area contributed by atoms with E-state index >= 15 is 0 Å². The van der Waals surface area contributed by atoms with Crippen molar-refractivity contribution >= 4 is 0 Å². The van der Waals surface area contributed by atoms with Crippen LogP contribution in [0.25, 0.3) is 0 Å². The second-order valence-corrected chi connectivity index (χ2v) is 6.99. The lowest BCUT2D eigenvalue weighted by molar-refractivity contribution is -0.0624. The standard InChI is InChI=1S/C21H25NO5/c1-24-17-7-3-5-15(11-17)19-22-20(16-6-4-8-18(12-16)25-2)27-14-21(22,9-10-23)13-26-19/h3-8,11-12,19-20,23H,9-10,13-14H2,1-2H3/t19-,20+,21?. The van der Waals surface area contributed by atoms with Crippen molar-refractivity contribution in [1.82, 2.24) is 4.90 Å². The van der Waals surface area contributed by atoms with Gasteiger partial charge in [-0.2, -0.15) is 0 Å². The summed E-state index contributed by atoms with van der Waals surface area (Å²) in [5.74, 6) is 1.57. The number of methoxy groups -OCH3 is 2. The zero-order chi connectivity index (χ0) is 18.9. The fourth-order valence-corrected chi connectivity index (χ4v) is 4.03. The van der Waals surface area contributed by atoms with E-state index < -0.39 is 0 Å². The van der Waals surface area contributed by atoms with Crippen LogP contribution in [0.2, 0.25) is 0 Å². The molecular formula is C21H25NO5. The van der Waals surface area contributed by atoms with Gasteiger partial charge in [0.1, 0.15) is 24.0 Å². The average Bonchev–Trinajstić information content (AvgIpc) is 3.25. The summed E-state index contributed by atoms with van der Waals surface area (Å²) in [5.41, 5.74) is 1.66. The van der Waals surface area contributed by atoms with Crippen molar-refractivity contribution in [2.75, 3.05) is 34.0 Å². The summed E-state index contributed by atoms with van der Waals surface area (Å²) in [4.78, 5) is 2.24. The molecule has 0 radical (unpaired) electrons. The Morgan fingerprint density at radius 3 is 1.93 bits per heavy atom. The molecule has 3 atom stereocenters. The van der Waals surface area contributed by atoms with E-state index in [9.17, 15) is 5.11 Å². The maximum atomic E-state index is 9.67. The summed E-state index contributed by atoms with van der Waals surface area (Å²) in [5, 5.41) is 9.67. The number of ether oxygens (including phenoxy) is 4. The van der Waals surface area contributed by atoms with E-state index in [1.807, 2.05) is 48.5 Å². The Morgan fingerprint density at radius 1 is 0.963 bits per heavy atom. The summed E-state index contributed by atoms with van der Waals surface area (Å²) in [6.07, 6.45) is 0.0456. The van der Waals surface area contributed by atoms with Crippen LogP contribution in [0.3, 0.4) is 0 Å². The third-order valence-electron chi connectivity index (χ3n) is 5.41. The number of benzene rings is 2. The highest BCUT2D eigenvalue weighted by atomic mass is 16.6. The predicted molar refractivity (Wildman–Crippen MR) is 99.6 cm³/mol. The molecule has 0 bridgehead atoms. The lowest BCUT2D eigenvalue weighted by Gasteiger charge is -2.34. The van der Waals surface area contributed by atoms with Gasteiger partial charge in [0.05, 0.1) is 33.0 Å². The molecule has 4 rings (SSSR count). The molecule has 2 saturated heterocycles. The monoisotopic (exact) mass is 371 g/mol. The van der Waals surface area contributed by atoms with Crippen LogP contribution in [0.5, 0.6) is 11.5 Å². The van der Waals surface area contributed by atoms with E-state index in [-0.39, 0.29) is 24.6 Å². The molecule has 6 heteroatoms. The number of aliphatic hydroxyl groups excluding tert-OH is 1. The smallest absolute Gasteiger partial charge is 0.139 e. The zero-order valence-corrected chi connectivity index (χ0v) is 15.6. The normalized spacial score (nSPS) is 27.5. The van der Waals surface area contributed by atoms with Gasteiger partial charge in [0.15, 0.2) is 0 Å². The van der Waals surface area contributed by atoms with E-state index in [4.69, 9.17) is 18.9 Å². The highest BCUT2D eigenvalue weighted by Crippen LogP contribution is 2.50. The Hall–Kier alpha value is -2.12. The van der Waals surface area contributed by atoms with Gasteiger partial charge in [-0.1, -0.05) is 24.3 Å². The van der Waals surface area contributed by atoms with Gasteiger partial charge in [0.2, 0.25) is 0 Å². The number of nitrogens with zero attached hydrogens (tertiary/aromatic N) is 1. The lowest BCUT2D eigenvalue weighted by Crippen LogP contribution is -2.45. The van der Waals surface area contributed by atoms with E-state index in [0.717, 1.165) is 22.6 Å². The molecular weight excluding hydrogens is 346 g/mol. The molecule has 2 fully saturated rings. The first kappa shape index (κ1) is 18.3. The lowest BCUT2D eigenvalue weighted by atomic mass is 9.96. The molecule has 0 amide bonds. The predicted octanol–water partition coefficient (Wildman–Crippen LogP) is 2.88. The molecule has 0 saturated carbocycles. The van der Waals surface area contributed by atoms with Gasteiger partial charge in [0.25, 0.3) is 0 Å². The minimum absolute atomic E-state index is 0.0822. The summed E-state index contributed by atoms with van der Waals surface area (Å²) >= 11 is 0. The minimum atomic E-state index is -0.351. The van der Waals surface area contributed by atoms with Gasteiger partial charge >= 0.3 is 0 Å². The molecule has 27 heavy (non-hydrogen) atoms. The first-order valence-corrected chi connectivity index (χ1v) is 9.11. The van der Waals surface area contributed by atoms with Crippen molar-refractivity contribution in [3.8, 4) is 11.5 Å². The molecule has 2 aliphatic heterocycles. The molecule has 1 N–H and O–H groups in total. The highest BCUT2D eigenvalue weighted by molar-refractivity contribution is 5.34. The molecule has 2 heterocycles. The molecule has 2 aliphatic rings. The maximum absolute atomic E-state index is 9.67. The van der Waals surface area contributed by atoms with Crippen LogP contribution >= 0.6 is 0 Å². The van der Waals surface area contributed by atoms with Crippen LogP contribution in [0.1, 0.15) is 30.0 Å². The van der Waals surface area contributed by atoms with Crippen LogP contribution in [0, 0.1) is 0 Å². The van der Waals surface area contributed by atoms with E-state index in [0.29, 0.717) is 19.6 Å². The summed E-state index contributed by atoms with van der Waals surface area (Å²) < 4.78 is 23.2. The molecule has 1 unspecified atom stereocenters. The number of rotatable bonds is 6. The highest BCUT2D eigenvalue weighted by Gasteiger charge is 2.56. The fraction of sp³-hybridized carbons (Fsp3) is 0.429. The van der Waals surface area contributed by atoms with Crippen LogP contribution < -0.4 is 9.47 Å². The Morgan fingerprint density at radius 2 is 1.48 bits per heavy atom. The van der Waals surface area contributed by atoms with Crippen LogP contribution in [0.15, 0.2) is 48.5 Å².